The number of benzene rings is 1. The summed E-state index contributed by atoms with van der Waals surface area (Å²) in [6, 6.07) is 10.5. The first-order valence-electron chi connectivity index (χ1n) is 8.36. The molecule has 1 aliphatic carbocycles. The minimum Gasteiger partial charge on any atom is -0.360 e. The van der Waals surface area contributed by atoms with E-state index in [-0.39, 0.29) is 11.8 Å². The SMILES string of the molecule is O=C(Nc1ccccc1)[C@@H]1CCCN1C(=O)c1cc(C2CC2)on1. The van der Waals surface area contributed by atoms with Gasteiger partial charge in [0.15, 0.2) is 5.69 Å². The zero-order valence-electron chi connectivity index (χ0n) is 13.3. The summed E-state index contributed by atoms with van der Waals surface area (Å²) >= 11 is 0. The number of carbonyl (C=O) groups excluding carboxylic acids is 2. The summed E-state index contributed by atoms with van der Waals surface area (Å²) in [6.45, 7) is 0.567. The Bertz CT molecular complexity index is 752. The van der Waals surface area contributed by atoms with Crippen LogP contribution in [0, 0.1) is 0 Å². The van der Waals surface area contributed by atoms with Crippen LogP contribution >= 0.6 is 0 Å². The highest BCUT2D eigenvalue weighted by Crippen LogP contribution is 2.40. The molecule has 0 unspecified atom stereocenters. The van der Waals surface area contributed by atoms with Crippen molar-refractivity contribution in [2.24, 2.45) is 0 Å². The van der Waals surface area contributed by atoms with Gasteiger partial charge in [-0.05, 0) is 37.8 Å². The fraction of sp³-hybridized carbons (Fsp3) is 0.389. The minimum absolute atomic E-state index is 0.155. The summed E-state index contributed by atoms with van der Waals surface area (Å²) < 4.78 is 5.26. The van der Waals surface area contributed by atoms with Crippen LogP contribution in [0.2, 0.25) is 0 Å². The van der Waals surface area contributed by atoms with Crippen LogP contribution in [0.1, 0.15) is 47.8 Å². The van der Waals surface area contributed by atoms with Crippen molar-refractivity contribution >= 4 is 17.5 Å². The maximum atomic E-state index is 12.7. The normalized spacial score (nSPS) is 20.2. The zero-order chi connectivity index (χ0) is 16.5. The largest absolute Gasteiger partial charge is 0.360 e. The number of para-hydroxylation sites is 1. The van der Waals surface area contributed by atoms with Gasteiger partial charge >= 0.3 is 0 Å². The molecular formula is C18H19N3O3. The third-order valence-corrected chi connectivity index (χ3v) is 4.58. The Morgan fingerprint density at radius 2 is 1.96 bits per heavy atom. The van der Waals surface area contributed by atoms with Crippen molar-refractivity contribution in [1.82, 2.24) is 10.1 Å². The fourth-order valence-electron chi connectivity index (χ4n) is 3.13. The van der Waals surface area contributed by atoms with Gasteiger partial charge < -0.3 is 14.7 Å². The minimum atomic E-state index is -0.459. The van der Waals surface area contributed by atoms with Gasteiger partial charge in [0.1, 0.15) is 11.8 Å². The lowest BCUT2D eigenvalue weighted by Gasteiger charge is -2.22. The van der Waals surface area contributed by atoms with Crippen LogP contribution in [-0.2, 0) is 4.79 Å². The molecule has 124 valence electrons. The van der Waals surface area contributed by atoms with Gasteiger partial charge in [-0.3, -0.25) is 9.59 Å². The Morgan fingerprint density at radius 3 is 2.71 bits per heavy atom. The second kappa shape index (κ2) is 6.11. The van der Waals surface area contributed by atoms with Crippen LogP contribution in [0.25, 0.3) is 0 Å². The molecule has 2 aliphatic rings. The van der Waals surface area contributed by atoms with E-state index in [2.05, 4.69) is 10.5 Å². The molecule has 2 amide bonds. The molecule has 0 bridgehead atoms. The lowest BCUT2D eigenvalue weighted by Crippen LogP contribution is -2.43. The van der Waals surface area contributed by atoms with Crippen molar-refractivity contribution in [3.05, 3.63) is 47.9 Å². The Labute approximate surface area is 139 Å². The number of nitrogens with one attached hydrogen (secondary N) is 1. The number of hydrogen-bond acceptors (Lipinski definition) is 4. The first-order valence-corrected chi connectivity index (χ1v) is 8.36. The number of rotatable bonds is 4. The van der Waals surface area contributed by atoms with Gasteiger partial charge in [-0.1, -0.05) is 23.4 Å². The molecule has 2 heterocycles. The summed E-state index contributed by atoms with van der Waals surface area (Å²) in [4.78, 5) is 26.8. The monoisotopic (exact) mass is 325 g/mol. The molecule has 0 radical (unpaired) electrons. The van der Waals surface area contributed by atoms with E-state index < -0.39 is 6.04 Å². The summed E-state index contributed by atoms with van der Waals surface area (Å²) in [5, 5.41) is 6.78. The van der Waals surface area contributed by atoms with Crippen LogP contribution < -0.4 is 5.32 Å². The van der Waals surface area contributed by atoms with Gasteiger partial charge in [0.25, 0.3) is 5.91 Å². The highest BCUT2D eigenvalue weighted by atomic mass is 16.5. The summed E-state index contributed by atoms with van der Waals surface area (Å²) in [6.07, 6.45) is 3.66. The van der Waals surface area contributed by atoms with E-state index in [1.165, 1.54) is 0 Å². The van der Waals surface area contributed by atoms with Crippen LogP contribution in [0.5, 0.6) is 0 Å². The molecule has 1 atom stereocenters. The number of aromatic nitrogens is 1. The number of hydrogen-bond donors (Lipinski definition) is 1. The Kier molecular flexibility index (Phi) is 3.80. The lowest BCUT2D eigenvalue weighted by molar-refractivity contribution is -0.119. The van der Waals surface area contributed by atoms with E-state index in [1.54, 1.807) is 11.0 Å². The van der Waals surface area contributed by atoms with Gasteiger partial charge in [-0.15, -0.1) is 0 Å². The molecular weight excluding hydrogens is 306 g/mol. The predicted octanol–water partition coefficient (Wildman–Crippen LogP) is 2.80. The summed E-state index contributed by atoms with van der Waals surface area (Å²) in [5.41, 5.74) is 1.04. The molecule has 6 heteroatoms. The molecule has 1 saturated heterocycles. The van der Waals surface area contributed by atoms with Crippen LogP contribution in [-0.4, -0.2) is 34.5 Å². The second-order valence-electron chi connectivity index (χ2n) is 6.40. The van der Waals surface area contributed by atoms with Crippen molar-refractivity contribution in [3.8, 4) is 0 Å². The first kappa shape index (κ1) is 14.9. The van der Waals surface area contributed by atoms with E-state index >= 15 is 0 Å². The smallest absolute Gasteiger partial charge is 0.276 e. The average molecular weight is 325 g/mol. The van der Waals surface area contributed by atoms with Crippen molar-refractivity contribution in [1.29, 1.82) is 0 Å². The predicted molar refractivity (Wildman–Crippen MR) is 87.6 cm³/mol. The second-order valence-corrected chi connectivity index (χ2v) is 6.40. The molecule has 0 spiro atoms. The molecule has 1 aromatic carbocycles. The molecule has 1 N–H and O–H groups in total. The third-order valence-electron chi connectivity index (χ3n) is 4.58. The molecule has 2 fully saturated rings. The summed E-state index contributed by atoms with van der Waals surface area (Å²) in [7, 11) is 0. The number of amides is 2. The highest BCUT2D eigenvalue weighted by Gasteiger charge is 2.36. The van der Waals surface area contributed by atoms with Crippen molar-refractivity contribution < 1.29 is 14.1 Å². The van der Waals surface area contributed by atoms with Gasteiger partial charge in [-0.25, -0.2) is 0 Å². The Morgan fingerprint density at radius 1 is 1.17 bits per heavy atom. The molecule has 2 aromatic rings. The maximum absolute atomic E-state index is 12.7. The molecule has 1 aliphatic heterocycles. The third kappa shape index (κ3) is 2.91. The number of carbonyl (C=O) groups is 2. The van der Waals surface area contributed by atoms with E-state index in [0.717, 1.165) is 30.7 Å². The van der Waals surface area contributed by atoms with Gasteiger partial charge in [0.2, 0.25) is 5.91 Å². The van der Waals surface area contributed by atoms with Gasteiger partial charge in [0.05, 0.1) is 0 Å². The van der Waals surface area contributed by atoms with Crippen molar-refractivity contribution in [2.75, 3.05) is 11.9 Å². The average Bonchev–Trinajstić information content (AvgIpc) is 3.14. The first-order chi connectivity index (χ1) is 11.7. The number of nitrogens with zero attached hydrogens (tertiary/aromatic N) is 2. The number of likely N-dealkylation sites (tertiary alicyclic amines) is 1. The molecule has 6 nitrogen and oxygen atoms in total. The lowest BCUT2D eigenvalue weighted by atomic mass is 10.2. The van der Waals surface area contributed by atoms with E-state index in [1.807, 2.05) is 30.3 Å². The van der Waals surface area contributed by atoms with Crippen molar-refractivity contribution in [2.45, 2.75) is 37.6 Å². The van der Waals surface area contributed by atoms with E-state index in [4.69, 9.17) is 4.52 Å². The van der Waals surface area contributed by atoms with Crippen LogP contribution in [0.4, 0.5) is 5.69 Å². The maximum Gasteiger partial charge on any atom is 0.276 e. The highest BCUT2D eigenvalue weighted by molar-refractivity contribution is 6.00. The van der Waals surface area contributed by atoms with Crippen LogP contribution in [0.15, 0.2) is 40.9 Å². The van der Waals surface area contributed by atoms with E-state index in [0.29, 0.717) is 24.6 Å². The standard InChI is InChI=1S/C18H19N3O3/c22-17(19-13-5-2-1-3-6-13)15-7-4-10-21(15)18(23)14-11-16(24-20-14)12-8-9-12/h1-3,5-6,11-12,15H,4,7-10H2,(H,19,22)/t15-/m0/s1. The topological polar surface area (TPSA) is 75.4 Å². The van der Waals surface area contributed by atoms with Crippen molar-refractivity contribution in [3.63, 3.8) is 0 Å². The fourth-order valence-corrected chi connectivity index (χ4v) is 3.13. The molecule has 4 rings (SSSR count). The Balaban J connectivity index is 1.47. The quantitative estimate of drug-likeness (QED) is 0.938. The van der Waals surface area contributed by atoms with E-state index in [9.17, 15) is 9.59 Å². The molecule has 1 aromatic heterocycles. The van der Waals surface area contributed by atoms with Crippen LogP contribution in [0.3, 0.4) is 0 Å². The molecule has 1 saturated carbocycles. The number of anilines is 1. The Hall–Kier alpha value is -2.63. The molecule has 24 heavy (non-hydrogen) atoms. The zero-order valence-corrected chi connectivity index (χ0v) is 13.3. The van der Waals surface area contributed by atoms with Gasteiger partial charge in [-0.2, -0.15) is 0 Å². The van der Waals surface area contributed by atoms with Gasteiger partial charge in [0, 0.05) is 24.2 Å². The summed E-state index contributed by atoms with van der Waals surface area (Å²) in [5.74, 6) is 0.812.